The Morgan fingerprint density at radius 2 is 1.78 bits per heavy atom. The van der Waals surface area contributed by atoms with Crippen molar-refractivity contribution in [3.63, 3.8) is 0 Å². The van der Waals surface area contributed by atoms with Gasteiger partial charge in [0.25, 0.3) is 5.91 Å². The maximum absolute atomic E-state index is 12.0. The first kappa shape index (κ1) is 25.6. The molecule has 0 radical (unpaired) electrons. The number of fused-ring (bicyclic) bond motifs is 1. The summed E-state index contributed by atoms with van der Waals surface area (Å²) in [6.07, 6.45) is 6.21. The molecular formula is C25H28N6O3S2. The van der Waals surface area contributed by atoms with Crippen LogP contribution in [0.5, 0.6) is 0 Å². The van der Waals surface area contributed by atoms with Gasteiger partial charge in [-0.15, -0.1) is 21.6 Å². The molecule has 188 valence electrons. The molecule has 1 N–H and O–H groups in total. The van der Waals surface area contributed by atoms with E-state index < -0.39 is 17.8 Å². The average molecular weight is 525 g/mol. The molecule has 3 heterocycles. The van der Waals surface area contributed by atoms with Gasteiger partial charge in [-0.3, -0.25) is 14.9 Å². The van der Waals surface area contributed by atoms with Crippen molar-refractivity contribution in [1.29, 1.82) is 0 Å². The van der Waals surface area contributed by atoms with Crippen molar-refractivity contribution in [3.05, 3.63) is 40.9 Å². The number of thiophene rings is 1. The van der Waals surface area contributed by atoms with Crippen LogP contribution in [0.15, 0.2) is 46.3 Å². The van der Waals surface area contributed by atoms with E-state index in [-0.39, 0.29) is 5.70 Å². The molecule has 0 bridgehead atoms. The number of benzene rings is 1. The molecule has 2 aromatic heterocycles. The summed E-state index contributed by atoms with van der Waals surface area (Å²) in [5.41, 5.74) is 1.97. The summed E-state index contributed by atoms with van der Waals surface area (Å²) in [6, 6.07) is 9.24. The topological polar surface area (TPSA) is 107 Å². The van der Waals surface area contributed by atoms with Gasteiger partial charge < -0.3 is 4.90 Å². The lowest BCUT2D eigenvalue weighted by molar-refractivity contribution is -0.125. The Morgan fingerprint density at radius 1 is 1.08 bits per heavy atom. The molecule has 0 spiro atoms. The van der Waals surface area contributed by atoms with Crippen molar-refractivity contribution >= 4 is 72.6 Å². The fourth-order valence-electron chi connectivity index (χ4n) is 3.76. The molecule has 4 amide bonds. The number of thiazole rings is 1. The predicted molar refractivity (Wildman–Crippen MR) is 144 cm³/mol. The van der Waals surface area contributed by atoms with Gasteiger partial charge in [0.2, 0.25) is 11.0 Å². The number of carbonyl (C=O) groups is 3. The number of imide groups is 2. The van der Waals surface area contributed by atoms with Gasteiger partial charge in [-0.05, 0) is 49.2 Å². The second-order valence-corrected chi connectivity index (χ2v) is 10.4. The molecule has 1 fully saturated rings. The molecule has 1 aliphatic rings. The average Bonchev–Trinajstić information content (AvgIpc) is 3.49. The van der Waals surface area contributed by atoms with Crippen molar-refractivity contribution in [1.82, 2.24) is 15.2 Å². The number of hydrogen-bond acceptors (Lipinski definition) is 9. The SMILES string of the molecule is CCCCN(CCCC)c1ccc(N=Nc2nc3sc(/C=C4\C(=O)NC(=O)N4C(C)=O)cc3s2)cc1. The third-order valence-electron chi connectivity index (χ3n) is 5.62. The van der Waals surface area contributed by atoms with Crippen molar-refractivity contribution < 1.29 is 14.4 Å². The highest BCUT2D eigenvalue weighted by Crippen LogP contribution is 2.36. The number of nitrogens with zero attached hydrogens (tertiary/aromatic N) is 5. The number of hydrogen-bond donors (Lipinski definition) is 1. The monoisotopic (exact) mass is 524 g/mol. The van der Waals surface area contributed by atoms with Crippen molar-refractivity contribution in [2.24, 2.45) is 10.2 Å². The summed E-state index contributed by atoms with van der Waals surface area (Å²) in [5, 5.41) is 11.3. The molecule has 3 aromatic rings. The molecule has 1 aromatic carbocycles. The first-order valence-corrected chi connectivity index (χ1v) is 13.6. The van der Waals surface area contributed by atoms with Crippen LogP contribution in [-0.2, 0) is 9.59 Å². The smallest absolute Gasteiger partial charge is 0.335 e. The van der Waals surface area contributed by atoms with Crippen LogP contribution in [0, 0.1) is 0 Å². The van der Waals surface area contributed by atoms with Gasteiger partial charge in [0.1, 0.15) is 10.5 Å². The number of azo groups is 1. The number of anilines is 1. The highest BCUT2D eigenvalue weighted by Gasteiger charge is 2.36. The summed E-state index contributed by atoms with van der Waals surface area (Å²) >= 11 is 2.73. The summed E-state index contributed by atoms with van der Waals surface area (Å²) in [7, 11) is 0. The highest BCUT2D eigenvalue weighted by molar-refractivity contribution is 7.29. The summed E-state index contributed by atoms with van der Waals surface area (Å²) in [4.78, 5) is 44.8. The van der Waals surface area contributed by atoms with Gasteiger partial charge in [-0.1, -0.05) is 38.0 Å². The Kier molecular flexibility index (Phi) is 8.21. The van der Waals surface area contributed by atoms with E-state index in [1.807, 2.05) is 18.2 Å². The molecule has 0 unspecified atom stereocenters. The van der Waals surface area contributed by atoms with Crippen molar-refractivity contribution in [3.8, 4) is 0 Å². The zero-order valence-corrected chi connectivity index (χ0v) is 22.1. The van der Waals surface area contributed by atoms with Crippen molar-refractivity contribution in [2.75, 3.05) is 18.0 Å². The van der Waals surface area contributed by atoms with Crippen LogP contribution in [0.1, 0.15) is 51.3 Å². The summed E-state index contributed by atoms with van der Waals surface area (Å²) in [6.45, 7) is 7.76. The van der Waals surface area contributed by atoms with Gasteiger partial charge in [-0.2, -0.15) is 0 Å². The molecule has 9 nitrogen and oxygen atoms in total. The standard InChI is InChI=1S/C25H28N6O3S2/c1-4-6-12-30(13-7-5-2)18-10-8-17(9-11-18)28-29-24-27-23-21(36-24)15-19(35-23)14-20-22(33)26-25(34)31(20)16(3)32/h8-11,14-15H,4-7,12-13H2,1-3H3,(H,26,33,34)/b20-14+,29-28?. The number of aromatic nitrogens is 1. The number of urea groups is 1. The number of amides is 4. The minimum absolute atomic E-state index is 0.00714. The zero-order chi connectivity index (χ0) is 25.7. The first-order chi connectivity index (χ1) is 17.4. The van der Waals surface area contributed by atoms with E-state index in [1.165, 1.54) is 67.0 Å². The highest BCUT2D eigenvalue weighted by atomic mass is 32.1. The minimum Gasteiger partial charge on any atom is -0.372 e. The van der Waals surface area contributed by atoms with E-state index in [4.69, 9.17) is 0 Å². The van der Waals surface area contributed by atoms with E-state index >= 15 is 0 Å². The molecule has 36 heavy (non-hydrogen) atoms. The third kappa shape index (κ3) is 5.85. The van der Waals surface area contributed by atoms with E-state index in [0.717, 1.165) is 33.2 Å². The van der Waals surface area contributed by atoms with E-state index in [9.17, 15) is 14.4 Å². The molecule has 1 saturated heterocycles. The molecule has 11 heteroatoms. The van der Waals surface area contributed by atoms with Crippen LogP contribution in [0.2, 0.25) is 0 Å². The summed E-state index contributed by atoms with van der Waals surface area (Å²) < 4.78 is 0.887. The first-order valence-electron chi connectivity index (χ1n) is 11.9. The summed E-state index contributed by atoms with van der Waals surface area (Å²) in [5.74, 6) is -1.12. The van der Waals surface area contributed by atoms with E-state index in [2.05, 4.69) is 51.4 Å². The maximum atomic E-state index is 12.0. The molecule has 0 atom stereocenters. The van der Waals surface area contributed by atoms with E-state index in [0.29, 0.717) is 10.0 Å². The van der Waals surface area contributed by atoms with Crippen LogP contribution < -0.4 is 10.2 Å². The lowest BCUT2D eigenvalue weighted by Crippen LogP contribution is -2.31. The number of carbonyl (C=O) groups excluding carboxylic acids is 3. The van der Waals surface area contributed by atoms with Crippen LogP contribution in [0.25, 0.3) is 15.6 Å². The lowest BCUT2D eigenvalue weighted by Gasteiger charge is -2.24. The van der Waals surface area contributed by atoms with E-state index in [1.54, 1.807) is 0 Å². The fraction of sp³-hybridized carbons (Fsp3) is 0.360. The Labute approximate surface area is 217 Å². The number of nitrogens with one attached hydrogen (secondary N) is 1. The van der Waals surface area contributed by atoms with Gasteiger partial charge in [-0.25, -0.2) is 14.7 Å². The number of unbranched alkanes of at least 4 members (excludes halogenated alkanes) is 2. The molecular weight excluding hydrogens is 496 g/mol. The number of rotatable bonds is 10. The van der Waals surface area contributed by atoms with Crippen LogP contribution >= 0.6 is 22.7 Å². The van der Waals surface area contributed by atoms with Gasteiger partial charge in [0.05, 0.1) is 10.4 Å². The molecule has 1 aliphatic heterocycles. The minimum atomic E-state index is -0.736. The zero-order valence-electron chi connectivity index (χ0n) is 20.5. The maximum Gasteiger partial charge on any atom is 0.335 e. The second kappa shape index (κ2) is 11.5. The van der Waals surface area contributed by atoms with Gasteiger partial charge >= 0.3 is 6.03 Å². The van der Waals surface area contributed by atoms with Crippen LogP contribution in [0.4, 0.5) is 21.3 Å². The Bertz CT molecular complexity index is 1290. The quantitative estimate of drug-likeness (QED) is 0.182. The van der Waals surface area contributed by atoms with Crippen LogP contribution in [-0.4, -0.2) is 40.8 Å². The van der Waals surface area contributed by atoms with Crippen LogP contribution in [0.3, 0.4) is 0 Å². The Hall–Kier alpha value is -3.44. The second-order valence-electron chi connectivity index (χ2n) is 8.37. The Balaban J connectivity index is 1.46. The molecule has 0 aliphatic carbocycles. The van der Waals surface area contributed by atoms with Gasteiger partial charge in [0, 0.05) is 30.6 Å². The predicted octanol–water partition coefficient (Wildman–Crippen LogP) is 6.62. The molecule has 0 saturated carbocycles. The fourth-order valence-corrected chi connectivity index (χ4v) is 5.74. The normalized spacial score (nSPS) is 15.0. The largest absolute Gasteiger partial charge is 0.372 e. The molecule has 4 rings (SSSR count). The van der Waals surface area contributed by atoms with Gasteiger partial charge in [0.15, 0.2) is 0 Å². The lowest BCUT2D eigenvalue weighted by atomic mass is 10.2. The Morgan fingerprint density at radius 3 is 2.39 bits per heavy atom. The third-order valence-corrected chi connectivity index (χ3v) is 7.61. The van der Waals surface area contributed by atoms with Crippen molar-refractivity contribution in [2.45, 2.75) is 46.5 Å².